The third-order valence-electron chi connectivity index (χ3n) is 2.35. The highest BCUT2D eigenvalue weighted by Gasteiger charge is 2.12. The lowest BCUT2D eigenvalue weighted by Crippen LogP contribution is -2.15. The first-order chi connectivity index (χ1) is 8.22. The molecular weight excluding hydrogens is 238 g/mol. The summed E-state index contributed by atoms with van der Waals surface area (Å²) < 4.78 is 10.9. The van der Waals surface area contributed by atoms with Crippen LogP contribution >= 0.6 is 11.6 Å². The summed E-state index contributed by atoms with van der Waals surface area (Å²) >= 11 is 6.05. The summed E-state index contributed by atoms with van der Waals surface area (Å²) in [7, 11) is 1.62. The summed E-state index contributed by atoms with van der Waals surface area (Å²) in [6.45, 7) is 6.41. The van der Waals surface area contributed by atoms with Crippen LogP contribution < -0.4 is 14.8 Å². The van der Waals surface area contributed by atoms with Gasteiger partial charge in [0.25, 0.3) is 0 Å². The van der Waals surface area contributed by atoms with E-state index in [1.165, 1.54) is 0 Å². The van der Waals surface area contributed by atoms with Crippen LogP contribution in [0.15, 0.2) is 12.1 Å². The Hall–Kier alpha value is -0.930. The quantitative estimate of drug-likeness (QED) is 0.761. The number of ether oxygens (including phenoxy) is 2. The van der Waals surface area contributed by atoms with Crippen molar-refractivity contribution in [3.8, 4) is 11.5 Å². The maximum Gasteiger partial charge on any atom is 0.165 e. The highest BCUT2D eigenvalue weighted by molar-refractivity contribution is 6.30. The summed E-state index contributed by atoms with van der Waals surface area (Å²) in [5.41, 5.74) is 1.03. The van der Waals surface area contributed by atoms with Gasteiger partial charge in [0, 0.05) is 23.2 Å². The molecule has 1 rings (SSSR count). The van der Waals surface area contributed by atoms with E-state index in [9.17, 15) is 0 Å². The minimum atomic E-state index is 0.610. The maximum absolute atomic E-state index is 6.05. The van der Waals surface area contributed by atoms with E-state index in [4.69, 9.17) is 21.1 Å². The van der Waals surface area contributed by atoms with Gasteiger partial charge in [0.2, 0.25) is 0 Å². The first-order valence-electron chi connectivity index (χ1n) is 5.92. The molecule has 1 N–H and O–H groups in total. The molecule has 3 nitrogen and oxygen atoms in total. The van der Waals surface area contributed by atoms with Gasteiger partial charge in [-0.2, -0.15) is 0 Å². The number of halogens is 1. The lowest BCUT2D eigenvalue weighted by atomic mass is 10.1. The monoisotopic (exact) mass is 257 g/mol. The summed E-state index contributed by atoms with van der Waals surface area (Å²) in [4.78, 5) is 0. The Morgan fingerprint density at radius 2 is 2.06 bits per heavy atom. The average Bonchev–Trinajstić information content (AvgIpc) is 2.32. The molecule has 0 atom stereocenters. The van der Waals surface area contributed by atoms with Crippen LogP contribution in [0.4, 0.5) is 0 Å². The Kier molecular flexibility index (Phi) is 6.16. The largest absolute Gasteiger partial charge is 0.493 e. The molecule has 0 aliphatic heterocycles. The van der Waals surface area contributed by atoms with E-state index in [0.717, 1.165) is 30.8 Å². The summed E-state index contributed by atoms with van der Waals surface area (Å²) in [5.74, 6) is 1.47. The molecule has 0 aliphatic carbocycles. The molecule has 96 valence electrons. The molecule has 17 heavy (non-hydrogen) atoms. The summed E-state index contributed by atoms with van der Waals surface area (Å²) in [5, 5.41) is 4.00. The molecule has 4 heteroatoms. The Bertz CT molecular complexity index is 356. The van der Waals surface area contributed by atoms with Gasteiger partial charge in [0.05, 0.1) is 13.7 Å². The van der Waals surface area contributed by atoms with E-state index in [1.807, 2.05) is 13.0 Å². The van der Waals surface area contributed by atoms with E-state index in [1.54, 1.807) is 13.2 Å². The molecule has 0 aliphatic rings. The van der Waals surface area contributed by atoms with Crippen molar-refractivity contribution in [2.24, 2.45) is 0 Å². The van der Waals surface area contributed by atoms with Crippen molar-refractivity contribution in [1.82, 2.24) is 5.32 Å². The van der Waals surface area contributed by atoms with Crippen molar-refractivity contribution in [2.45, 2.75) is 26.8 Å². The van der Waals surface area contributed by atoms with Crippen LogP contribution in [0, 0.1) is 0 Å². The first kappa shape index (κ1) is 14.1. The summed E-state index contributed by atoms with van der Waals surface area (Å²) in [6, 6.07) is 3.69. The lowest BCUT2D eigenvalue weighted by Gasteiger charge is -2.15. The topological polar surface area (TPSA) is 30.5 Å². The van der Waals surface area contributed by atoms with Crippen LogP contribution in [0.5, 0.6) is 11.5 Å². The molecule has 0 heterocycles. The highest BCUT2D eigenvalue weighted by atomic mass is 35.5. The standard InChI is InChI=1S/C13H20ClNO2/c1-4-6-15-9-10-7-11(14)8-12(16-3)13(10)17-5-2/h7-8,15H,4-6,9H2,1-3H3. The zero-order chi connectivity index (χ0) is 12.7. The molecule has 0 radical (unpaired) electrons. The van der Waals surface area contributed by atoms with Crippen LogP contribution in [0.3, 0.4) is 0 Å². The van der Waals surface area contributed by atoms with Crippen molar-refractivity contribution >= 4 is 11.6 Å². The van der Waals surface area contributed by atoms with Crippen LogP contribution in [0.25, 0.3) is 0 Å². The van der Waals surface area contributed by atoms with Gasteiger partial charge in [-0.15, -0.1) is 0 Å². The molecule has 1 aromatic carbocycles. The predicted octanol–water partition coefficient (Wildman–Crippen LogP) is 3.25. The molecule has 0 aromatic heterocycles. The van der Waals surface area contributed by atoms with Crippen LogP contribution in [0.2, 0.25) is 5.02 Å². The molecule has 0 fully saturated rings. The average molecular weight is 258 g/mol. The molecule has 0 spiro atoms. The van der Waals surface area contributed by atoms with Gasteiger partial charge in [-0.3, -0.25) is 0 Å². The van der Waals surface area contributed by atoms with Crippen molar-refractivity contribution in [3.63, 3.8) is 0 Å². The van der Waals surface area contributed by atoms with Gasteiger partial charge in [-0.1, -0.05) is 18.5 Å². The number of rotatable bonds is 7. The van der Waals surface area contributed by atoms with Gasteiger partial charge in [0.15, 0.2) is 11.5 Å². The predicted molar refractivity (Wildman–Crippen MR) is 71.2 cm³/mol. The smallest absolute Gasteiger partial charge is 0.165 e. The van der Waals surface area contributed by atoms with Gasteiger partial charge < -0.3 is 14.8 Å². The van der Waals surface area contributed by atoms with Crippen molar-refractivity contribution in [2.75, 3.05) is 20.3 Å². The number of methoxy groups -OCH3 is 1. The third-order valence-corrected chi connectivity index (χ3v) is 2.57. The first-order valence-corrected chi connectivity index (χ1v) is 6.30. The zero-order valence-electron chi connectivity index (χ0n) is 10.7. The Morgan fingerprint density at radius 3 is 2.65 bits per heavy atom. The molecule has 0 saturated carbocycles. The molecular formula is C13H20ClNO2. The van der Waals surface area contributed by atoms with Crippen LogP contribution in [0.1, 0.15) is 25.8 Å². The maximum atomic E-state index is 6.05. The molecule has 0 saturated heterocycles. The van der Waals surface area contributed by atoms with Gasteiger partial charge in [0.1, 0.15) is 0 Å². The minimum absolute atomic E-state index is 0.610. The molecule has 0 unspecified atom stereocenters. The van der Waals surface area contributed by atoms with E-state index < -0.39 is 0 Å². The third kappa shape index (κ3) is 4.10. The van der Waals surface area contributed by atoms with Crippen LogP contribution in [-0.4, -0.2) is 20.3 Å². The normalized spacial score (nSPS) is 10.4. The fraction of sp³-hybridized carbons (Fsp3) is 0.538. The van der Waals surface area contributed by atoms with E-state index in [2.05, 4.69) is 12.2 Å². The Labute approximate surface area is 108 Å². The Morgan fingerprint density at radius 1 is 1.29 bits per heavy atom. The van der Waals surface area contributed by atoms with Crippen molar-refractivity contribution < 1.29 is 9.47 Å². The lowest BCUT2D eigenvalue weighted by molar-refractivity contribution is 0.307. The van der Waals surface area contributed by atoms with Gasteiger partial charge >= 0.3 is 0 Å². The minimum Gasteiger partial charge on any atom is -0.493 e. The number of hydrogen-bond donors (Lipinski definition) is 1. The number of hydrogen-bond acceptors (Lipinski definition) is 3. The SMILES string of the molecule is CCCNCc1cc(Cl)cc(OC)c1OCC. The fourth-order valence-corrected chi connectivity index (χ4v) is 1.84. The van der Waals surface area contributed by atoms with Crippen molar-refractivity contribution in [1.29, 1.82) is 0 Å². The molecule has 0 bridgehead atoms. The van der Waals surface area contributed by atoms with E-state index >= 15 is 0 Å². The number of benzene rings is 1. The second-order valence-electron chi connectivity index (χ2n) is 3.71. The fourth-order valence-electron chi connectivity index (χ4n) is 1.61. The number of nitrogens with one attached hydrogen (secondary N) is 1. The van der Waals surface area contributed by atoms with E-state index in [0.29, 0.717) is 17.4 Å². The van der Waals surface area contributed by atoms with Crippen LogP contribution in [-0.2, 0) is 6.54 Å². The second kappa shape index (κ2) is 7.41. The van der Waals surface area contributed by atoms with Gasteiger partial charge in [-0.05, 0) is 26.0 Å². The highest BCUT2D eigenvalue weighted by Crippen LogP contribution is 2.34. The van der Waals surface area contributed by atoms with Crippen molar-refractivity contribution in [3.05, 3.63) is 22.7 Å². The summed E-state index contributed by atoms with van der Waals surface area (Å²) in [6.07, 6.45) is 1.10. The van der Waals surface area contributed by atoms with Gasteiger partial charge in [-0.25, -0.2) is 0 Å². The molecule has 0 amide bonds. The zero-order valence-corrected chi connectivity index (χ0v) is 11.4. The second-order valence-corrected chi connectivity index (χ2v) is 4.14. The molecule has 1 aromatic rings. The Balaban J connectivity index is 2.93. The van der Waals surface area contributed by atoms with E-state index in [-0.39, 0.29) is 0 Å².